The van der Waals surface area contributed by atoms with Gasteiger partial charge >= 0.3 is 0 Å². The average molecular weight is 221 g/mol. The number of hydrogen-bond acceptors (Lipinski definition) is 2. The van der Waals surface area contributed by atoms with Crippen LogP contribution < -0.4 is 5.73 Å². The molecule has 2 heteroatoms. The van der Waals surface area contributed by atoms with Gasteiger partial charge in [-0.05, 0) is 62.7 Å². The Bertz CT molecular complexity index is 310. The fraction of sp³-hybridized carbons (Fsp3) is 0.929. The normalized spacial score (nSPS) is 51.1. The third kappa shape index (κ3) is 1.32. The van der Waals surface area contributed by atoms with Gasteiger partial charge in [0.25, 0.3) is 0 Å². The summed E-state index contributed by atoms with van der Waals surface area (Å²) in [5.74, 6) is 2.33. The molecular formula is C14H23NO. The molecule has 0 amide bonds. The molecule has 0 saturated heterocycles. The van der Waals surface area contributed by atoms with Crippen LogP contribution >= 0.6 is 0 Å². The van der Waals surface area contributed by atoms with E-state index in [1.807, 2.05) is 0 Å². The van der Waals surface area contributed by atoms with Gasteiger partial charge in [0, 0.05) is 12.0 Å². The van der Waals surface area contributed by atoms with Crippen LogP contribution in [0.2, 0.25) is 0 Å². The summed E-state index contributed by atoms with van der Waals surface area (Å²) in [4.78, 5) is 11.6. The van der Waals surface area contributed by atoms with Crippen LogP contribution in [0, 0.1) is 23.2 Å². The zero-order valence-corrected chi connectivity index (χ0v) is 10.2. The van der Waals surface area contributed by atoms with E-state index in [1.165, 1.54) is 32.1 Å². The molecule has 3 fully saturated rings. The van der Waals surface area contributed by atoms with E-state index in [0.717, 1.165) is 24.7 Å². The second-order valence-corrected chi connectivity index (χ2v) is 6.43. The van der Waals surface area contributed by atoms with Gasteiger partial charge in [-0.3, -0.25) is 4.79 Å². The minimum absolute atomic E-state index is 0.319. The molecular weight excluding hydrogens is 198 g/mol. The number of Topliss-reactive ketones (excluding diaryl/α,β-unsaturated/α-hetero) is 1. The van der Waals surface area contributed by atoms with Crippen LogP contribution in [-0.4, -0.2) is 11.8 Å². The van der Waals surface area contributed by atoms with Crippen molar-refractivity contribution in [1.29, 1.82) is 0 Å². The Morgan fingerprint density at radius 3 is 2.75 bits per heavy atom. The van der Waals surface area contributed by atoms with Crippen molar-refractivity contribution in [2.75, 3.05) is 0 Å². The Hall–Kier alpha value is -0.370. The first-order chi connectivity index (χ1) is 7.63. The summed E-state index contributed by atoms with van der Waals surface area (Å²) in [5.41, 5.74) is 6.84. The molecule has 1 spiro atoms. The van der Waals surface area contributed by atoms with Crippen molar-refractivity contribution in [2.24, 2.45) is 28.9 Å². The van der Waals surface area contributed by atoms with Crippen LogP contribution in [0.15, 0.2) is 0 Å². The molecule has 2 nitrogen and oxygen atoms in total. The van der Waals surface area contributed by atoms with E-state index in [1.54, 1.807) is 6.92 Å². The van der Waals surface area contributed by atoms with Crippen LogP contribution in [0.3, 0.4) is 0 Å². The lowest BCUT2D eigenvalue weighted by atomic mass is 9.59. The molecule has 1 unspecified atom stereocenters. The first-order valence-electron chi connectivity index (χ1n) is 6.89. The van der Waals surface area contributed by atoms with E-state index in [2.05, 4.69) is 0 Å². The highest BCUT2D eigenvalue weighted by molar-refractivity contribution is 5.78. The standard InChI is InChI=1S/C14H23NO/c1-9(16)11-3-2-6-14(8-11)12-5-4-10(7-12)13(14)15/h10-13H,2-8,15H2,1H3/t10-,11+,12?,13+,14-/m1/s1. The summed E-state index contributed by atoms with van der Waals surface area (Å²) in [7, 11) is 0. The Morgan fingerprint density at radius 1 is 1.31 bits per heavy atom. The van der Waals surface area contributed by atoms with E-state index in [0.29, 0.717) is 23.2 Å². The summed E-state index contributed by atoms with van der Waals surface area (Å²) in [5, 5.41) is 0. The largest absolute Gasteiger partial charge is 0.327 e. The predicted molar refractivity (Wildman–Crippen MR) is 63.9 cm³/mol. The van der Waals surface area contributed by atoms with E-state index in [9.17, 15) is 4.79 Å². The molecule has 0 aromatic heterocycles. The number of nitrogens with two attached hydrogens (primary N) is 1. The fourth-order valence-corrected chi connectivity index (χ4v) is 4.97. The molecule has 2 bridgehead atoms. The third-order valence-electron chi connectivity index (χ3n) is 5.85. The molecule has 0 aromatic rings. The second kappa shape index (κ2) is 3.56. The highest BCUT2D eigenvalue weighted by atomic mass is 16.1. The van der Waals surface area contributed by atoms with Crippen molar-refractivity contribution >= 4 is 5.78 Å². The van der Waals surface area contributed by atoms with Crippen LogP contribution in [0.25, 0.3) is 0 Å². The molecule has 3 rings (SSSR count). The maximum absolute atomic E-state index is 11.6. The van der Waals surface area contributed by atoms with Gasteiger partial charge in [0.1, 0.15) is 5.78 Å². The fourth-order valence-electron chi connectivity index (χ4n) is 4.97. The summed E-state index contributed by atoms with van der Waals surface area (Å²) in [6.45, 7) is 1.77. The topological polar surface area (TPSA) is 43.1 Å². The number of carbonyl (C=O) groups is 1. The van der Waals surface area contributed by atoms with Crippen LogP contribution in [0.5, 0.6) is 0 Å². The van der Waals surface area contributed by atoms with Gasteiger partial charge in [-0.1, -0.05) is 6.42 Å². The Kier molecular flexibility index (Phi) is 2.39. The molecule has 0 radical (unpaired) electrons. The van der Waals surface area contributed by atoms with Crippen molar-refractivity contribution in [3.8, 4) is 0 Å². The lowest BCUT2D eigenvalue weighted by Gasteiger charge is -2.47. The summed E-state index contributed by atoms with van der Waals surface area (Å²) in [6, 6.07) is 0.397. The maximum Gasteiger partial charge on any atom is 0.132 e. The van der Waals surface area contributed by atoms with E-state index in [4.69, 9.17) is 5.73 Å². The molecule has 3 aliphatic rings. The van der Waals surface area contributed by atoms with Crippen molar-refractivity contribution in [3.05, 3.63) is 0 Å². The molecule has 2 N–H and O–H groups in total. The van der Waals surface area contributed by atoms with Crippen molar-refractivity contribution in [1.82, 2.24) is 0 Å². The molecule has 16 heavy (non-hydrogen) atoms. The maximum atomic E-state index is 11.6. The SMILES string of the molecule is CC(=O)[C@H]1CCC[C@@]2(C1)C1CC[C@H](C1)[C@@H]2N. The minimum atomic E-state index is 0.319. The van der Waals surface area contributed by atoms with Crippen molar-refractivity contribution in [3.63, 3.8) is 0 Å². The zero-order valence-electron chi connectivity index (χ0n) is 10.2. The van der Waals surface area contributed by atoms with Gasteiger partial charge in [-0.25, -0.2) is 0 Å². The molecule has 0 aromatic carbocycles. The average Bonchev–Trinajstić information content (AvgIpc) is 2.84. The van der Waals surface area contributed by atoms with Gasteiger partial charge < -0.3 is 5.73 Å². The quantitative estimate of drug-likeness (QED) is 0.739. The smallest absolute Gasteiger partial charge is 0.132 e. The molecule has 0 aliphatic heterocycles. The van der Waals surface area contributed by atoms with Gasteiger partial charge in [-0.15, -0.1) is 0 Å². The first kappa shape index (κ1) is 10.8. The first-order valence-corrected chi connectivity index (χ1v) is 6.89. The predicted octanol–water partition coefficient (Wildman–Crippen LogP) is 2.51. The highest BCUT2D eigenvalue weighted by Crippen LogP contribution is 2.61. The van der Waals surface area contributed by atoms with Crippen LogP contribution in [-0.2, 0) is 4.79 Å². The van der Waals surface area contributed by atoms with Gasteiger partial charge in [0.15, 0.2) is 0 Å². The van der Waals surface area contributed by atoms with Gasteiger partial charge in [-0.2, -0.15) is 0 Å². The van der Waals surface area contributed by atoms with E-state index >= 15 is 0 Å². The zero-order chi connectivity index (χ0) is 11.3. The van der Waals surface area contributed by atoms with Crippen LogP contribution in [0.4, 0.5) is 0 Å². The third-order valence-corrected chi connectivity index (χ3v) is 5.85. The molecule has 5 atom stereocenters. The summed E-state index contributed by atoms with van der Waals surface area (Å²) in [6.07, 6.45) is 8.80. The Labute approximate surface area is 98.0 Å². The summed E-state index contributed by atoms with van der Waals surface area (Å²) >= 11 is 0. The monoisotopic (exact) mass is 221 g/mol. The Morgan fingerprint density at radius 2 is 2.12 bits per heavy atom. The number of rotatable bonds is 1. The van der Waals surface area contributed by atoms with E-state index < -0.39 is 0 Å². The number of hydrogen-bond donors (Lipinski definition) is 1. The van der Waals surface area contributed by atoms with E-state index in [-0.39, 0.29) is 0 Å². The lowest BCUT2D eigenvalue weighted by molar-refractivity contribution is -0.124. The van der Waals surface area contributed by atoms with Gasteiger partial charge in [0.2, 0.25) is 0 Å². The number of ketones is 1. The molecule has 90 valence electrons. The van der Waals surface area contributed by atoms with Gasteiger partial charge in [0.05, 0.1) is 0 Å². The lowest BCUT2D eigenvalue weighted by Crippen LogP contribution is -2.49. The van der Waals surface area contributed by atoms with Crippen LogP contribution in [0.1, 0.15) is 51.9 Å². The minimum Gasteiger partial charge on any atom is -0.327 e. The molecule has 3 aliphatic carbocycles. The van der Waals surface area contributed by atoms with Crippen molar-refractivity contribution in [2.45, 2.75) is 57.9 Å². The second-order valence-electron chi connectivity index (χ2n) is 6.43. The highest BCUT2D eigenvalue weighted by Gasteiger charge is 2.57. The number of carbonyl (C=O) groups excluding carboxylic acids is 1. The number of fused-ring (bicyclic) bond motifs is 3. The van der Waals surface area contributed by atoms with Crippen molar-refractivity contribution < 1.29 is 4.79 Å². The Balaban J connectivity index is 1.85. The molecule has 0 heterocycles. The summed E-state index contributed by atoms with van der Waals surface area (Å²) < 4.78 is 0. The molecule has 3 saturated carbocycles.